The van der Waals surface area contributed by atoms with Gasteiger partial charge in [-0.15, -0.1) is 5.10 Å². The van der Waals surface area contributed by atoms with Crippen LogP contribution < -0.4 is 10.6 Å². The van der Waals surface area contributed by atoms with Gasteiger partial charge in [-0.05, 0) is 12.1 Å². The largest absolute Gasteiger partial charge is 0.381 e. The van der Waals surface area contributed by atoms with E-state index in [9.17, 15) is 0 Å². The van der Waals surface area contributed by atoms with Crippen LogP contribution in [0.15, 0.2) is 36.8 Å². The summed E-state index contributed by atoms with van der Waals surface area (Å²) < 4.78 is 9.06. The van der Waals surface area contributed by atoms with Crippen LogP contribution in [-0.2, 0) is 4.74 Å². The molecular weight excluding hydrogens is 344 g/mol. The van der Waals surface area contributed by atoms with Crippen LogP contribution in [-0.4, -0.2) is 55.5 Å². The van der Waals surface area contributed by atoms with Crippen molar-refractivity contribution in [1.82, 2.24) is 29.2 Å². The molecule has 2 fully saturated rings. The highest BCUT2D eigenvalue weighted by Gasteiger charge is 2.54. The van der Waals surface area contributed by atoms with E-state index in [2.05, 4.69) is 20.8 Å². The Morgan fingerprint density at radius 1 is 1.07 bits per heavy atom. The molecule has 5 heterocycles. The highest BCUT2D eigenvalue weighted by molar-refractivity contribution is 5.87. The van der Waals surface area contributed by atoms with Crippen LogP contribution in [0.3, 0.4) is 0 Å². The first-order valence-electron chi connectivity index (χ1n) is 9.04. The molecule has 2 N–H and O–H groups in total. The minimum Gasteiger partial charge on any atom is -0.381 e. The zero-order valence-corrected chi connectivity index (χ0v) is 14.7. The predicted octanol–water partition coefficient (Wildman–Crippen LogP) is 1.54. The van der Waals surface area contributed by atoms with Gasteiger partial charge < -0.3 is 15.4 Å². The third kappa shape index (κ3) is 2.21. The summed E-state index contributed by atoms with van der Waals surface area (Å²) in [6.45, 7) is 1.67. The summed E-state index contributed by atoms with van der Waals surface area (Å²) >= 11 is 0. The van der Waals surface area contributed by atoms with Gasteiger partial charge in [0, 0.05) is 48.9 Å². The lowest BCUT2D eigenvalue weighted by Gasteiger charge is -2.11. The van der Waals surface area contributed by atoms with E-state index in [0.717, 1.165) is 41.5 Å². The van der Waals surface area contributed by atoms with Crippen molar-refractivity contribution in [2.75, 3.05) is 30.9 Å². The van der Waals surface area contributed by atoms with Crippen molar-refractivity contribution in [2.24, 2.45) is 11.8 Å². The molecule has 4 aromatic heterocycles. The minimum atomic E-state index is 0.418. The lowest BCUT2D eigenvalue weighted by molar-refractivity contribution is 0.162. The maximum atomic E-state index is 5.46. The molecule has 6 rings (SSSR count). The Kier molecular flexibility index (Phi) is 2.98. The topological polar surface area (TPSA) is 93.7 Å². The second-order valence-electron chi connectivity index (χ2n) is 7.04. The molecule has 1 saturated heterocycles. The molecule has 0 radical (unpaired) electrons. The predicted molar refractivity (Wildman–Crippen MR) is 99.7 cm³/mol. The normalized spacial score (nSPS) is 23.7. The molecule has 3 atom stereocenters. The van der Waals surface area contributed by atoms with Gasteiger partial charge >= 0.3 is 0 Å². The van der Waals surface area contributed by atoms with Crippen molar-refractivity contribution in [3.05, 3.63) is 36.8 Å². The van der Waals surface area contributed by atoms with Gasteiger partial charge in [-0.2, -0.15) is 10.1 Å². The number of aromatic nitrogens is 6. The highest BCUT2D eigenvalue weighted by atomic mass is 16.5. The van der Waals surface area contributed by atoms with Gasteiger partial charge in [0.1, 0.15) is 5.52 Å². The maximum absolute atomic E-state index is 5.46. The molecule has 1 aliphatic carbocycles. The zero-order valence-electron chi connectivity index (χ0n) is 14.7. The lowest BCUT2D eigenvalue weighted by atomic mass is 10.2. The molecule has 0 amide bonds. The summed E-state index contributed by atoms with van der Waals surface area (Å²) in [4.78, 5) is 9.39. The van der Waals surface area contributed by atoms with Gasteiger partial charge in [-0.1, -0.05) is 0 Å². The average Bonchev–Trinajstić information content (AvgIpc) is 3.20. The SMILES string of the molecule is CNc1nc(NC2[C@H]3COC[C@@H]23)nn2ccc(-c3ccn4nccc4n3)c12. The second kappa shape index (κ2) is 5.40. The molecule has 1 saturated carbocycles. The van der Waals surface area contributed by atoms with Crippen molar-refractivity contribution >= 4 is 22.9 Å². The number of hydrogen-bond donors (Lipinski definition) is 2. The van der Waals surface area contributed by atoms with E-state index in [-0.39, 0.29) is 0 Å². The fourth-order valence-corrected chi connectivity index (χ4v) is 4.03. The number of ether oxygens (including phenoxy) is 1. The fraction of sp³-hybridized carbons (Fsp3) is 0.333. The van der Waals surface area contributed by atoms with Crippen molar-refractivity contribution in [3.63, 3.8) is 0 Å². The van der Waals surface area contributed by atoms with Gasteiger partial charge in [0.05, 0.1) is 25.1 Å². The molecule has 0 spiro atoms. The van der Waals surface area contributed by atoms with Crippen LogP contribution >= 0.6 is 0 Å². The van der Waals surface area contributed by atoms with Crippen molar-refractivity contribution in [2.45, 2.75) is 6.04 Å². The average molecular weight is 362 g/mol. The molecule has 0 bridgehead atoms. The first-order valence-corrected chi connectivity index (χ1v) is 9.04. The number of anilines is 2. The summed E-state index contributed by atoms with van der Waals surface area (Å²) in [7, 11) is 1.87. The van der Waals surface area contributed by atoms with Gasteiger partial charge in [0.25, 0.3) is 0 Å². The second-order valence-corrected chi connectivity index (χ2v) is 7.04. The Morgan fingerprint density at radius 2 is 1.93 bits per heavy atom. The number of nitrogens with one attached hydrogen (secondary N) is 2. The van der Waals surface area contributed by atoms with E-state index in [1.54, 1.807) is 10.7 Å². The van der Waals surface area contributed by atoms with Gasteiger partial charge in [-0.25, -0.2) is 14.0 Å². The number of fused-ring (bicyclic) bond motifs is 3. The molecular formula is C18H18N8O. The summed E-state index contributed by atoms with van der Waals surface area (Å²) in [6, 6.07) is 6.27. The summed E-state index contributed by atoms with van der Waals surface area (Å²) in [5.74, 6) is 2.58. The van der Waals surface area contributed by atoms with E-state index in [0.29, 0.717) is 23.8 Å². The number of hydrogen-bond acceptors (Lipinski definition) is 7. The van der Waals surface area contributed by atoms with E-state index in [1.165, 1.54) is 0 Å². The quantitative estimate of drug-likeness (QED) is 0.569. The van der Waals surface area contributed by atoms with E-state index in [1.807, 2.05) is 42.2 Å². The van der Waals surface area contributed by atoms with Crippen LogP contribution in [0.5, 0.6) is 0 Å². The fourth-order valence-electron chi connectivity index (χ4n) is 4.03. The molecule has 136 valence electrons. The summed E-state index contributed by atoms with van der Waals surface area (Å²) in [5, 5.41) is 15.5. The van der Waals surface area contributed by atoms with Gasteiger partial charge in [0.2, 0.25) is 5.95 Å². The summed E-state index contributed by atoms with van der Waals surface area (Å²) in [6.07, 6.45) is 5.59. The molecule has 9 heteroatoms. The summed E-state index contributed by atoms with van der Waals surface area (Å²) in [5.41, 5.74) is 3.55. The van der Waals surface area contributed by atoms with Crippen LogP contribution in [0.25, 0.3) is 22.4 Å². The number of nitrogens with zero attached hydrogens (tertiary/aromatic N) is 6. The first kappa shape index (κ1) is 14.9. The highest BCUT2D eigenvalue weighted by Crippen LogP contribution is 2.45. The molecule has 1 unspecified atom stereocenters. The van der Waals surface area contributed by atoms with E-state index >= 15 is 0 Å². The Morgan fingerprint density at radius 3 is 2.78 bits per heavy atom. The Bertz CT molecular complexity index is 1150. The van der Waals surface area contributed by atoms with Crippen LogP contribution in [0, 0.1) is 11.8 Å². The molecule has 27 heavy (non-hydrogen) atoms. The van der Waals surface area contributed by atoms with Crippen molar-refractivity contribution in [3.8, 4) is 11.3 Å². The maximum Gasteiger partial charge on any atom is 0.243 e. The smallest absolute Gasteiger partial charge is 0.243 e. The van der Waals surface area contributed by atoms with Crippen LogP contribution in [0.1, 0.15) is 0 Å². The molecule has 4 aromatic rings. The third-order valence-corrected chi connectivity index (χ3v) is 5.53. The Balaban J connectivity index is 1.41. The zero-order chi connectivity index (χ0) is 18.0. The Hall–Kier alpha value is -3.20. The molecule has 9 nitrogen and oxygen atoms in total. The van der Waals surface area contributed by atoms with Crippen molar-refractivity contribution < 1.29 is 4.74 Å². The van der Waals surface area contributed by atoms with E-state index in [4.69, 9.17) is 14.7 Å². The first-order chi connectivity index (χ1) is 13.3. The molecule has 0 aromatic carbocycles. The Labute approximate surface area is 154 Å². The van der Waals surface area contributed by atoms with E-state index < -0.39 is 0 Å². The van der Waals surface area contributed by atoms with Gasteiger partial charge in [0.15, 0.2) is 11.5 Å². The third-order valence-electron chi connectivity index (χ3n) is 5.53. The minimum absolute atomic E-state index is 0.418. The van der Waals surface area contributed by atoms with Gasteiger partial charge in [-0.3, -0.25) is 0 Å². The molecule has 1 aliphatic heterocycles. The standard InChI is InChI=1S/C18H18N8O/c1-19-17-16-10(13-4-7-25-14(21-13)2-5-20-25)3-6-26(16)24-18(23-17)22-15-11-8-27-9-12(11)15/h2-7,11-12,15H,8-9H2,1H3,(H2,19,22,23,24)/t11-,12+,15?. The van der Waals surface area contributed by atoms with Crippen LogP contribution in [0.4, 0.5) is 11.8 Å². The number of rotatable bonds is 4. The molecule has 2 aliphatic rings. The van der Waals surface area contributed by atoms with Crippen molar-refractivity contribution in [1.29, 1.82) is 0 Å². The lowest BCUT2D eigenvalue weighted by Crippen LogP contribution is -2.16. The monoisotopic (exact) mass is 362 g/mol. The van der Waals surface area contributed by atoms with Crippen LogP contribution in [0.2, 0.25) is 0 Å².